The molecule has 0 heterocycles. The van der Waals surface area contributed by atoms with E-state index in [0.717, 1.165) is 12.1 Å². The zero-order valence-electron chi connectivity index (χ0n) is 8.95. The van der Waals surface area contributed by atoms with E-state index in [9.17, 15) is 17.6 Å². The van der Waals surface area contributed by atoms with E-state index in [0.29, 0.717) is 0 Å². The van der Waals surface area contributed by atoms with Gasteiger partial charge in [0, 0.05) is 0 Å². The van der Waals surface area contributed by atoms with Gasteiger partial charge in [0.1, 0.15) is 11.6 Å². The third kappa shape index (κ3) is 3.11. The third-order valence-electron chi connectivity index (χ3n) is 1.95. The van der Waals surface area contributed by atoms with E-state index in [1.807, 2.05) is 0 Å². The lowest BCUT2D eigenvalue weighted by atomic mass is 10.2. The third-order valence-corrected chi connectivity index (χ3v) is 3.35. The second kappa shape index (κ2) is 4.71. The lowest BCUT2D eigenvalue weighted by Gasteiger charge is -2.06. The van der Waals surface area contributed by atoms with Crippen molar-refractivity contribution in [2.45, 2.75) is 18.7 Å². The van der Waals surface area contributed by atoms with E-state index >= 15 is 0 Å². The summed E-state index contributed by atoms with van der Waals surface area (Å²) in [5, 5.41) is 0. The maximum atomic E-state index is 12.9. The molecule has 88 valence electrons. The summed E-state index contributed by atoms with van der Waals surface area (Å²) in [5.41, 5.74) is 0.241. The number of rotatable bonds is 4. The number of Topliss-reactive ketones (excluding diaryl/α,β-unsaturated/α-hetero) is 1. The maximum absolute atomic E-state index is 12.9. The van der Waals surface area contributed by atoms with Crippen LogP contribution in [0.4, 0.5) is 4.39 Å². The van der Waals surface area contributed by atoms with Gasteiger partial charge >= 0.3 is 0 Å². The molecular weight excluding hydrogens is 233 g/mol. The van der Waals surface area contributed by atoms with Crippen LogP contribution in [0.2, 0.25) is 0 Å². The summed E-state index contributed by atoms with van der Waals surface area (Å²) in [4.78, 5) is 10.6. The highest BCUT2D eigenvalue weighted by molar-refractivity contribution is 7.89. The van der Waals surface area contributed by atoms with Crippen LogP contribution in [0.1, 0.15) is 12.5 Å². The number of aryl methyl sites for hydroxylation is 1. The summed E-state index contributed by atoms with van der Waals surface area (Å²) in [6, 6.07) is 3.46. The Morgan fingerprint density at radius 2 is 2.06 bits per heavy atom. The molecule has 1 N–H and O–H groups in total. The average molecular weight is 245 g/mol. The molecule has 0 spiro atoms. The molecule has 0 atom stereocenters. The van der Waals surface area contributed by atoms with Crippen molar-refractivity contribution in [2.24, 2.45) is 0 Å². The normalized spacial score (nSPS) is 11.4. The summed E-state index contributed by atoms with van der Waals surface area (Å²) in [6.45, 7) is 2.48. The minimum atomic E-state index is -3.73. The van der Waals surface area contributed by atoms with Gasteiger partial charge in [-0.3, -0.25) is 4.79 Å². The number of benzene rings is 1. The van der Waals surface area contributed by atoms with Gasteiger partial charge in [0.25, 0.3) is 0 Å². The fourth-order valence-corrected chi connectivity index (χ4v) is 2.20. The summed E-state index contributed by atoms with van der Waals surface area (Å²) in [7, 11) is -3.73. The predicted molar refractivity (Wildman–Crippen MR) is 57.0 cm³/mol. The van der Waals surface area contributed by atoms with Crippen molar-refractivity contribution in [3.05, 3.63) is 29.6 Å². The van der Waals surface area contributed by atoms with Gasteiger partial charge in [0.2, 0.25) is 10.0 Å². The first-order valence-electron chi connectivity index (χ1n) is 4.58. The number of sulfonamides is 1. The number of carbonyl (C=O) groups is 1. The predicted octanol–water partition coefficient (Wildman–Crippen LogP) is 1.00. The Labute approximate surface area is 93.5 Å². The van der Waals surface area contributed by atoms with Gasteiger partial charge in [-0.25, -0.2) is 17.5 Å². The first-order chi connectivity index (χ1) is 7.33. The SMILES string of the molecule is CC(=O)CNS(=O)(=O)c1ccc(F)c(C)c1. The first kappa shape index (κ1) is 12.8. The molecule has 0 saturated heterocycles. The molecule has 0 amide bonds. The molecule has 1 rings (SSSR count). The van der Waals surface area contributed by atoms with Gasteiger partial charge in [-0.2, -0.15) is 0 Å². The minimum absolute atomic E-state index is 0.0485. The van der Waals surface area contributed by atoms with E-state index in [1.54, 1.807) is 0 Å². The topological polar surface area (TPSA) is 63.2 Å². The second-order valence-electron chi connectivity index (χ2n) is 3.44. The van der Waals surface area contributed by atoms with Crippen LogP contribution in [0.25, 0.3) is 0 Å². The molecule has 0 aliphatic carbocycles. The molecule has 0 saturated carbocycles. The van der Waals surface area contributed by atoms with Gasteiger partial charge in [0.15, 0.2) is 0 Å². The van der Waals surface area contributed by atoms with Crippen molar-refractivity contribution in [3.8, 4) is 0 Å². The number of hydrogen-bond donors (Lipinski definition) is 1. The highest BCUT2D eigenvalue weighted by Crippen LogP contribution is 2.13. The standard InChI is InChI=1S/C10H12FNO3S/c1-7-5-9(3-4-10(7)11)16(14,15)12-6-8(2)13/h3-5,12H,6H2,1-2H3. The van der Waals surface area contributed by atoms with Crippen molar-refractivity contribution in [2.75, 3.05) is 6.54 Å². The zero-order chi connectivity index (χ0) is 12.3. The maximum Gasteiger partial charge on any atom is 0.240 e. The van der Waals surface area contributed by atoms with Crippen LogP contribution < -0.4 is 4.72 Å². The summed E-state index contributed by atoms with van der Waals surface area (Å²) < 4.78 is 38.3. The number of halogens is 1. The Morgan fingerprint density at radius 1 is 1.44 bits per heavy atom. The van der Waals surface area contributed by atoms with Gasteiger partial charge < -0.3 is 0 Å². The van der Waals surface area contributed by atoms with E-state index in [2.05, 4.69) is 4.72 Å². The van der Waals surface area contributed by atoms with E-state index in [-0.39, 0.29) is 22.8 Å². The quantitative estimate of drug-likeness (QED) is 0.860. The molecule has 0 radical (unpaired) electrons. The Morgan fingerprint density at radius 3 is 2.56 bits per heavy atom. The van der Waals surface area contributed by atoms with Crippen LogP contribution in [-0.2, 0) is 14.8 Å². The number of ketones is 1. The second-order valence-corrected chi connectivity index (χ2v) is 5.20. The Kier molecular flexibility index (Phi) is 3.77. The number of nitrogens with one attached hydrogen (secondary N) is 1. The highest BCUT2D eigenvalue weighted by atomic mass is 32.2. The minimum Gasteiger partial charge on any atom is -0.299 e. The van der Waals surface area contributed by atoms with Crippen LogP contribution in [0, 0.1) is 12.7 Å². The average Bonchev–Trinajstić information content (AvgIpc) is 2.19. The van der Waals surface area contributed by atoms with Crippen LogP contribution in [0.3, 0.4) is 0 Å². The lowest BCUT2D eigenvalue weighted by molar-refractivity contribution is -0.115. The molecule has 1 aromatic carbocycles. The van der Waals surface area contributed by atoms with E-state index in [4.69, 9.17) is 0 Å². The van der Waals surface area contributed by atoms with Crippen molar-refractivity contribution in [3.63, 3.8) is 0 Å². The summed E-state index contributed by atoms with van der Waals surface area (Å²) >= 11 is 0. The van der Waals surface area contributed by atoms with Crippen molar-refractivity contribution >= 4 is 15.8 Å². The van der Waals surface area contributed by atoms with Crippen molar-refractivity contribution in [1.82, 2.24) is 4.72 Å². The van der Waals surface area contributed by atoms with Crippen LogP contribution >= 0.6 is 0 Å². The fourth-order valence-electron chi connectivity index (χ4n) is 1.06. The molecule has 1 aromatic rings. The molecular formula is C10H12FNO3S. The van der Waals surface area contributed by atoms with Crippen LogP contribution in [0.15, 0.2) is 23.1 Å². The summed E-state index contributed by atoms with van der Waals surface area (Å²) in [6.07, 6.45) is 0. The largest absolute Gasteiger partial charge is 0.299 e. The zero-order valence-corrected chi connectivity index (χ0v) is 9.77. The van der Waals surface area contributed by atoms with Gasteiger partial charge in [-0.15, -0.1) is 0 Å². The van der Waals surface area contributed by atoms with Gasteiger partial charge in [-0.1, -0.05) is 0 Å². The molecule has 0 unspecified atom stereocenters. The van der Waals surface area contributed by atoms with Crippen molar-refractivity contribution in [1.29, 1.82) is 0 Å². The number of carbonyl (C=O) groups excluding carboxylic acids is 1. The summed E-state index contributed by atoms with van der Waals surface area (Å²) in [5.74, 6) is -0.757. The molecule has 4 nitrogen and oxygen atoms in total. The Balaban J connectivity index is 2.99. The van der Waals surface area contributed by atoms with Crippen molar-refractivity contribution < 1.29 is 17.6 Å². The van der Waals surface area contributed by atoms with Gasteiger partial charge in [-0.05, 0) is 37.6 Å². The Hall–Kier alpha value is -1.27. The molecule has 6 heteroatoms. The molecule has 0 fully saturated rings. The monoisotopic (exact) mass is 245 g/mol. The molecule has 0 aliphatic heterocycles. The fraction of sp³-hybridized carbons (Fsp3) is 0.300. The highest BCUT2D eigenvalue weighted by Gasteiger charge is 2.15. The smallest absolute Gasteiger partial charge is 0.240 e. The van der Waals surface area contributed by atoms with Crippen LogP contribution in [0.5, 0.6) is 0 Å². The molecule has 0 bridgehead atoms. The molecule has 0 aromatic heterocycles. The lowest BCUT2D eigenvalue weighted by Crippen LogP contribution is -2.28. The first-order valence-corrected chi connectivity index (χ1v) is 6.06. The number of hydrogen-bond acceptors (Lipinski definition) is 3. The van der Waals surface area contributed by atoms with Gasteiger partial charge in [0.05, 0.1) is 11.4 Å². The molecule has 0 aliphatic rings. The van der Waals surface area contributed by atoms with Crippen LogP contribution in [-0.4, -0.2) is 20.7 Å². The molecule has 16 heavy (non-hydrogen) atoms. The Bertz CT molecular complexity index is 511. The van der Waals surface area contributed by atoms with E-state index in [1.165, 1.54) is 19.9 Å². The van der Waals surface area contributed by atoms with E-state index < -0.39 is 15.8 Å².